The smallest absolute Gasteiger partial charge is 0.310 e. The average Bonchev–Trinajstić information content (AvgIpc) is 2.71. The minimum absolute atomic E-state index is 0.258. The number of aryl methyl sites for hydroxylation is 1. The van der Waals surface area contributed by atoms with Gasteiger partial charge in [-0.05, 0) is 43.9 Å². The summed E-state index contributed by atoms with van der Waals surface area (Å²) in [4.78, 5) is 11.0. The summed E-state index contributed by atoms with van der Waals surface area (Å²) in [5.41, 5.74) is 1.05. The van der Waals surface area contributed by atoms with Gasteiger partial charge < -0.3 is 9.84 Å². The molecule has 0 radical (unpaired) electrons. The van der Waals surface area contributed by atoms with Crippen LogP contribution in [-0.2, 0) is 4.79 Å². The standard InChI is InChI=1S/C13H15ClO3/c1-8-5-6-10(14)12(7-8)17-11-4-2-3-9(11)13(15)16/h5-7,9,11H,2-4H2,1H3,(H,15,16). The second-order valence-corrected chi connectivity index (χ2v) is 4.87. The highest BCUT2D eigenvalue weighted by Crippen LogP contribution is 2.33. The number of hydrogen-bond donors (Lipinski definition) is 1. The molecular weight excluding hydrogens is 240 g/mol. The molecule has 2 atom stereocenters. The van der Waals surface area contributed by atoms with Gasteiger partial charge in [0.1, 0.15) is 11.9 Å². The van der Waals surface area contributed by atoms with E-state index in [9.17, 15) is 4.79 Å². The van der Waals surface area contributed by atoms with Gasteiger partial charge >= 0.3 is 5.97 Å². The second kappa shape index (κ2) is 4.96. The van der Waals surface area contributed by atoms with Gasteiger partial charge in [-0.3, -0.25) is 4.79 Å². The Bertz CT molecular complexity index is 431. The highest BCUT2D eigenvalue weighted by molar-refractivity contribution is 6.32. The van der Waals surface area contributed by atoms with Crippen molar-refractivity contribution >= 4 is 17.6 Å². The van der Waals surface area contributed by atoms with Gasteiger partial charge in [0, 0.05) is 0 Å². The number of hydrogen-bond acceptors (Lipinski definition) is 2. The molecule has 1 aromatic carbocycles. The van der Waals surface area contributed by atoms with Crippen molar-refractivity contribution in [2.45, 2.75) is 32.3 Å². The third-order valence-electron chi connectivity index (χ3n) is 3.13. The van der Waals surface area contributed by atoms with Crippen LogP contribution in [0.3, 0.4) is 0 Å². The van der Waals surface area contributed by atoms with E-state index in [1.165, 1.54) is 0 Å². The molecule has 1 fully saturated rings. The van der Waals surface area contributed by atoms with Gasteiger partial charge in [-0.25, -0.2) is 0 Å². The minimum atomic E-state index is -0.781. The number of carbonyl (C=O) groups is 1. The summed E-state index contributed by atoms with van der Waals surface area (Å²) in [5.74, 6) is -0.604. The summed E-state index contributed by atoms with van der Waals surface area (Å²) in [6.07, 6.45) is 2.10. The summed E-state index contributed by atoms with van der Waals surface area (Å²) >= 11 is 6.03. The molecule has 3 nitrogen and oxygen atoms in total. The van der Waals surface area contributed by atoms with E-state index >= 15 is 0 Å². The number of halogens is 1. The van der Waals surface area contributed by atoms with Crippen molar-refractivity contribution in [1.82, 2.24) is 0 Å². The maximum atomic E-state index is 11.0. The van der Waals surface area contributed by atoms with Crippen molar-refractivity contribution < 1.29 is 14.6 Å². The first-order valence-electron chi connectivity index (χ1n) is 5.73. The Morgan fingerprint density at radius 3 is 2.94 bits per heavy atom. The highest BCUT2D eigenvalue weighted by Gasteiger charge is 2.34. The lowest BCUT2D eigenvalue weighted by Gasteiger charge is -2.19. The van der Waals surface area contributed by atoms with Crippen molar-refractivity contribution in [3.63, 3.8) is 0 Å². The predicted octanol–water partition coefficient (Wildman–Crippen LogP) is 3.28. The quantitative estimate of drug-likeness (QED) is 0.900. The largest absolute Gasteiger partial charge is 0.488 e. The molecule has 2 rings (SSSR count). The molecule has 4 heteroatoms. The number of rotatable bonds is 3. The average molecular weight is 255 g/mol. The molecule has 0 bridgehead atoms. The van der Waals surface area contributed by atoms with Crippen molar-refractivity contribution in [1.29, 1.82) is 0 Å². The maximum absolute atomic E-state index is 11.0. The van der Waals surface area contributed by atoms with Crippen LogP contribution in [0.15, 0.2) is 18.2 Å². The van der Waals surface area contributed by atoms with E-state index in [0.29, 0.717) is 17.2 Å². The van der Waals surface area contributed by atoms with Crippen molar-refractivity contribution in [2.75, 3.05) is 0 Å². The van der Waals surface area contributed by atoms with Gasteiger partial charge in [-0.2, -0.15) is 0 Å². The Morgan fingerprint density at radius 2 is 2.24 bits per heavy atom. The van der Waals surface area contributed by atoms with Gasteiger partial charge in [0.25, 0.3) is 0 Å². The number of carboxylic acid groups (broad SMARTS) is 1. The number of benzene rings is 1. The van der Waals surface area contributed by atoms with Crippen LogP contribution in [-0.4, -0.2) is 17.2 Å². The van der Waals surface area contributed by atoms with Crippen LogP contribution in [0.5, 0.6) is 5.75 Å². The normalized spacial score (nSPS) is 23.6. The zero-order valence-corrected chi connectivity index (χ0v) is 10.4. The first kappa shape index (κ1) is 12.2. The van der Waals surface area contributed by atoms with Crippen LogP contribution < -0.4 is 4.74 Å². The van der Waals surface area contributed by atoms with Crippen molar-refractivity contribution in [2.24, 2.45) is 5.92 Å². The lowest BCUT2D eigenvalue weighted by molar-refractivity contribution is -0.143. The fourth-order valence-electron chi connectivity index (χ4n) is 2.21. The minimum Gasteiger partial charge on any atom is -0.488 e. The molecule has 0 aromatic heterocycles. The summed E-state index contributed by atoms with van der Waals surface area (Å²) in [5, 5.41) is 9.61. The molecule has 1 saturated carbocycles. The van der Waals surface area contributed by atoms with Crippen LogP contribution in [0, 0.1) is 12.8 Å². The fraction of sp³-hybridized carbons (Fsp3) is 0.462. The molecule has 1 aliphatic carbocycles. The Morgan fingerprint density at radius 1 is 1.47 bits per heavy atom. The van der Waals surface area contributed by atoms with Crippen LogP contribution in [0.4, 0.5) is 0 Å². The topological polar surface area (TPSA) is 46.5 Å². The molecule has 1 N–H and O–H groups in total. The third kappa shape index (κ3) is 2.72. The fourth-order valence-corrected chi connectivity index (χ4v) is 2.38. The van der Waals surface area contributed by atoms with E-state index in [1.807, 2.05) is 19.1 Å². The molecule has 17 heavy (non-hydrogen) atoms. The first-order valence-corrected chi connectivity index (χ1v) is 6.11. The summed E-state index contributed by atoms with van der Waals surface area (Å²) in [7, 11) is 0. The van der Waals surface area contributed by atoms with E-state index in [1.54, 1.807) is 6.07 Å². The van der Waals surface area contributed by atoms with Crippen LogP contribution >= 0.6 is 11.6 Å². The molecule has 1 aliphatic rings. The molecular formula is C13H15ClO3. The Balaban J connectivity index is 2.15. The maximum Gasteiger partial charge on any atom is 0.310 e. The van der Waals surface area contributed by atoms with E-state index in [2.05, 4.69) is 0 Å². The Labute approximate surface area is 105 Å². The summed E-state index contributed by atoms with van der Waals surface area (Å²) in [6.45, 7) is 1.95. The molecule has 0 amide bonds. The first-order chi connectivity index (χ1) is 8.08. The zero-order chi connectivity index (χ0) is 12.4. The van der Waals surface area contributed by atoms with Crippen LogP contribution in [0.25, 0.3) is 0 Å². The van der Waals surface area contributed by atoms with Gasteiger partial charge in [0.2, 0.25) is 0 Å². The lowest BCUT2D eigenvalue weighted by Crippen LogP contribution is -2.28. The van der Waals surface area contributed by atoms with Gasteiger partial charge in [0.05, 0.1) is 10.9 Å². The number of aliphatic carboxylic acids is 1. The molecule has 0 saturated heterocycles. The Hall–Kier alpha value is -1.22. The predicted molar refractivity (Wildman–Crippen MR) is 65.6 cm³/mol. The van der Waals surface area contributed by atoms with E-state index < -0.39 is 11.9 Å². The second-order valence-electron chi connectivity index (χ2n) is 4.47. The van der Waals surface area contributed by atoms with Gasteiger partial charge in [-0.15, -0.1) is 0 Å². The van der Waals surface area contributed by atoms with Gasteiger partial charge in [0.15, 0.2) is 0 Å². The monoisotopic (exact) mass is 254 g/mol. The SMILES string of the molecule is Cc1ccc(Cl)c(OC2CCCC2C(=O)O)c1. The molecule has 92 valence electrons. The van der Waals surface area contributed by atoms with Gasteiger partial charge in [-0.1, -0.05) is 17.7 Å². The van der Waals surface area contributed by atoms with E-state index in [-0.39, 0.29) is 6.10 Å². The molecule has 0 spiro atoms. The number of ether oxygens (including phenoxy) is 1. The van der Waals surface area contributed by atoms with Crippen LogP contribution in [0.1, 0.15) is 24.8 Å². The zero-order valence-electron chi connectivity index (χ0n) is 9.65. The third-order valence-corrected chi connectivity index (χ3v) is 3.45. The van der Waals surface area contributed by atoms with E-state index in [0.717, 1.165) is 18.4 Å². The molecule has 0 heterocycles. The van der Waals surface area contributed by atoms with Crippen molar-refractivity contribution in [3.8, 4) is 5.75 Å². The molecule has 1 aromatic rings. The van der Waals surface area contributed by atoms with Crippen molar-refractivity contribution in [3.05, 3.63) is 28.8 Å². The van der Waals surface area contributed by atoms with E-state index in [4.69, 9.17) is 21.4 Å². The lowest BCUT2D eigenvalue weighted by atomic mass is 10.1. The molecule has 2 unspecified atom stereocenters. The highest BCUT2D eigenvalue weighted by atomic mass is 35.5. The number of carboxylic acids is 1. The Kier molecular flexibility index (Phi) is 3.57. The summed E-state index contributed by atoms with van der Waals surface area (Å²) in [6, 6.07) is 5.52. The van der Waals surface area contributed by atoms with Crippen LogP contribution in [0.2, 0.25) is 5.02 Å². The molecule has 0 aliphatic heterocycles. The summed E-state index contributed by atoms with van der Waals surface area (Å²) < 4.78 is 5.75.